The predicted molar refractivity (Wildman–Crippen MR) is 145 cm³/mol. The van der Waals surface area contributed by atoms with Crippen molar-refractivity contribution in [3.63, 3.8) is 0 Å². The number of carbonyl (C=O) groups is 1. The van der Waals surface area contributed by atoms with E-state index in [9.17, 15) is 4.79 Å². The first kappa shape index (κ1) is 25.3. The van der Waals surface area contributed by atoms with E-state index in [-0.39, 0.29) is 17.6 Å². The molecule has 0 atom stereocenters. The predicted octanol–water partition coefficient (Wildman–Crippen LogP) is 6.92. The molecule has 0 saturated carbocycles. The molecule has 2 heterocycles. The minimum atomic E-state index is -0.457. The number of para-hydroxylation sites is 1. The number of rotatable bonds is 8. The fourth-order valence-electron chi connectivity index (χ4n) is 4.66. The number of aryl methyl sites for hydroxylation is 1. The van der Waals surface area contributed by atoms with E-state index in [1.165, 1.54) is 0 Å². The minimum Gasteiger partial charge on any atom is -0.482 e. The Kier molecular flexibility index (Phi) is 7.07. The molecule has 4 rings (SSSR count). The molecule has 0 bridgehead atoms. The van der Waals surface area contributed by atoms with E-state index in [1.54, 1.807) is 24.3 Å². The molecule has 0 saturated heterocycles. The smallest absolute Gasteiger partial charge is 0.349 e. The number of hydrogen-bond acceptors (Lipinski definition) is 5. The number of fused-ring (bicyclic) bond motifs is 1. The fourth-order valence-corrected chi connectivity index (χ4v) is 4.66. The number of nitrogens with zero attached hydrogens (tertiary/aromatic N) is 2. The first-order valence-corrected chi connectivity index (χ1v) is 12.2. The average Bonchev–Trinajstić information content (AvgIpc) is 3.13. The van der Waals surface area contributed by atoms with Gasteiger partial charge in [0, 0.05) is 17.3 Å². The van der Waals surface area contributed by atoms with Crippen LogP contribution in [0.3, 0.4) is 0 Å². The molecule has 0 amide bonds. The van der Waals surface area contributed by atoms with Crippen LogP contribution in [0.25, 0.3) is 16.9 Å². The van der Waals surface area contributed by atoms with Crippen LogP contribution in [0.1, 0.15) is 46.6 Å². The van der Waals surface area contributed by atoms with Gasteiger partial charge in [0.05, 0.1) is 0 Å². The Morgan fingerprint density at radius 2 is 1.64 bits per heavy atom. The first-order valence-electron chi connectivity index (χ1n) is 12.2. The highest BCUT2D eigenvalue weighted by Crippen LogP contribution is 2.35. The molecule has 0 unspecified atom stereocenters. The Morgan fingerprint density at radius 3 is 2.31 bits per heavy atom. The maximum Gasteiger partial charge on any atom is 0.349 e. The Balaban J connectivity index is 1.56. The van der Waals surface area contributed by atoms with Gasteiger partial charge in [0.1, 0.15) is 28.7 Å². The molecule has 2 aromatic heterocycles. The van der Waals surface area contributed by atoms with Crippen molar-refractivity contribution in [1.29, 1.82) is 0 Å². The van der Waals surface area contributed by atoms with E-state index in [1.807, 2.05) is 30.3 Å². The van der Waals surface area contributed by atoms with Crippen molar-refractivity contribution in [2.75, 3.05) is 11.9 Å². The van der Waals surface area contributed by atoms with Crippen LogP contribution in [-0.2, 0) is 4.79 Å². The molecule has 0 aliphatic heterocycles. The summed E-state index contributed by atoms with van der Waals surface area (Å²) in [4.78, 5) is 17.2. The summed E-state index contributed by atoms with van der Waals surface area (Å²) >= 11 is 0. The standard InChI is InChI=1S/C30H35N3O3/c1-21-16-17-33-25(18-21)31-27(28(33)32-30(5,6)20-29(2,3)4)22-12-14-24(15-13-22)36-26(34)19-35-23-10-8-7-9-11-23/h7-18,32H,19-20H2,1-6H3. The van der Waals surface area contributed by atoms with Crippen molar-refractivity contribution in [2.45, 2.75) is 53.5 Å². The van der Waals surface area contributed by atoms with E-state index >= 15 is 0 Å². The summed E-state index contributed by atoms with van der Waals surface area (Å²) in [5.41, 5.74) is 3.84. The van der Waals surface area contributed by atoms with Crippen LogP contribution < -0.4 is 14.8 Å². The Bertz CT molecular complexity index is 1330. The van der Waals surface area contributed by atoms with Gasteiger partial charge in [-0.15, -0.1) is 0 Å². The zero-order valence-corrected chi connectivity index (χ0v) is 22.0. The number of benzene rings is 2. The number of aromatic nitrogens is 2. The summed E-state index contributed by atoms with van der Waals surface area (Å²) < 4.78 is 13.0. The zero-order valence-electron chi connectivity index (χ0n) is 22.0. The van der Waals surface area contributed by atoms with Gasteiger partial charge in [0.25, 0.3) is 0 Å². The van der Waals surface area contributed by atoms with Gasteiger partial charge in [-0.3, -0.25) is 4.40 Å². The summed E-state index contributed by atoms with van der Waals surface area (Å²) in [6.07, 6.45) is 3.04. The fraction of sp³-hybridized carbons (Fsp3) is 0.333. The molecule has 0 aliphatic rings. The summed E-state index contributed by atoms with van der Waals surface area (Å²) in [5.74, 6) is 1.57. The number of imidazole rings is 1. The van der Waals surface area contributed by atoms with Crippen LogP contribution in [0.2, 0.25) is 0 Å². The molecule has 0 spiro atoms. The zero-order chi connectivity index (χ0) is 25.9. The number of pyridine rings is 1. The normalized spacial score (nSPS) is 11.9. The molecule has 0 fully saturated rings. The summed E-state index contributed by atoms with van der Waals surface area (Å²) in [6.45, 7) is 13.1. The molecule has 0 aliphatic carbocycles. The lowest BCUT2D eigenvalue weighted by molar-refractivity contribution is -0.136. The van der Waals surface area contributed by atoms with Crippen molar-refractivity contribution in [3.8, 4) is 22.8 Å². The van der Waals surface area contributed by atoms with E-state index in [4.69, 9.17) is 14.5 Å². The van der Waals surface area contributed by atoms with Crippen LogP contribution in [0, 0.1) is 12.3 Å². The largest absolute Gasteiger partial charge is 0.482 e. The summed E-state index contributed by atoms with van der Waals surface area (Å²) in [5, 5.41) is 3.76. The quantitative estimate of drug-likeness (QED) is 0.217. The van der Waals surface area contributed by atoms with E-state index in [0.29, 0.717) is 11.5 Å². The second-order valence-corrected chi connectivity index (χ2v) is 11.1. The van der Waals surface area contributed by atoms with Crippen LogP contribution >= 0.6 is 0 Å². The van der Waals surface area contributed by atoms with Crippen LogP contribution in [0.15, 0.2) is 72.9 Å². The lowest BCUT2D eigenvalue weighted by Gasteiger charge is -2.34. The molecule has 36 heavy (non-hydrogen) atoms. The molecule has 188 valence electrons. The van der Waals surface area contributed by atoms with Crippen LogP contribution in [-0.4, -0.2) is 27.5 Å². The molecule has 2 aromatic carbocycles. The Hall–Kier alpha value is -3.80. The number of anilines is 1. The summed E-state index contributed by atoms with van der Waals surface area (Å²) in [6, 6.07) is 20.8. The van der Waals surface area contributed by atoms with E-state index in [0.717, 1.165) is 34.7 Å². The summed E-state index contributed by atoms with van der Waals surface area (Å²) in [7, 11) is 0. The number of nitrogens with one attached hydrogen (secondary N) is 1. The van der Waals surface area contributed by atoms with Gasteiger partial charge in [0.15, 0.2) is 6.61 Å². The highest BCUT2D eigenvalue weighted by atomic mass is 16.6. The van der Waals surface area contributed by atoms with Gasteiger partial charge in [-0.25, -0.2) is 9.78 Å². The molecular formula is C30H35N3O3. The van der Waals surface area contributed by atoms with Crippen molar-refractivity contribution < 1.29 is 14.3 Å². The lowest BCUT2D eigenvalue weighted by Crippen LogP contribution is -2.36. The van der Waals surface area contributed by atoms with Gasteiger partial charge in [-0.2, -0.15) is 0 Å². The monoisotopic (exact) mass is 485 g/mol. The highest BCUT2D eigenvalue weighted by Gasteiger charge is 2.28. The van der Waals surface area contributed by atoms with Gasteiger partial charge in [-0.05, 0) is 86.7 Å². The third-order valence-electron chi connectivity index (χ3n) is 5.67. The Labute approximate surface area is 213 Å². The lowest BCUT2D eigenvalue weighted by atomic mass is 9.82. The number of ether oxygens (including phenoxy) is 2. The Morgan fingerprint density at radius 1 is 0.944 bits per heavy atom. The van der Waals surface area contributed by atoms with Crippen LogP contribution in [0.5, 0.6) is 11.5 Å². The topological polar surface area (TPSA) is 64.9 Å². The average molecular weight is 486 g/mol. The number of hydrogen-bond donors (Lipinski definition) is 1. The third kappa shape index (κ3) is 6.45. The van der Waals surface area contributed by atoms with E-state index in [2.05, 4.69) is 69.6 Å². The second kappa shape index (κ2) is 10.1. The second-order valence-electron chi connectivity index (χ2n) is 11.1. The molecule has 4 aromatic rings. The van der Waals surface area contributed by atoms with Crippen LogP contribution in [0.4, 0.5) is 5.82 Å². The minimum absolute atomic E-state index is 0.151. The van der Waals surface area contributed by atoms with Gasteiger partial charge in [0.2, 0.25) is 0 Å². The van der Waals surface area contributed by atoms with Gasteiger partial charge < -0.3 is 14.8 Å². The van der Waals surface area contributed by atoms with Gasteiger partial charge in [-0.1, -0.05) is 39.0 Å². The third-order valence-corrected chi connectivity index (χ3v) is 5.67. The number of esters is 1. The van der Waals surface area contributed by atoms with Crippen molar-refractivity contribution in [1.82, 2.24) is 9.38 Å². The molecule has 0 radical (unpaired) electrons. The van der Waals surface area contributed by atoms with Gasteiger partial charge >= 0.3 is 5.97 Å². The maximum absolute atomic E-state index is 12.2. The SMILES string of the molecule is Cc1ccn2c(NC(C)(C)CC(C)(C)C)c(-c3ccc(OC(=O)COc4ccccc4)cc3)nc2c1. The molecule has 6 nitrogen and oxygen atoms in total. The first-order chi connectivity index (χ1) is 17.0. The molecular weight excluding hydrogens is 450 g/mol. The molecule has 6 heteroatoms. The highest BCUT2D eigenvalue weighted by molar-refractivity contribution is 5.78. The van der Waals surface area contributed by atoms with E-state index < -0.39 is 5.97 Å². The maximum atomic E-state index is 12.2. The number of carbonyl (C=O) groups excluding carboxylic acids is 1. The molecule has 1 N–H and O–H groups in total. The van der Waals surface area contributed by atoms with Crippen molar-refractivity contribution in [3.05, 3.63) is 78.5 Å². The van der Waals surface area contributed by atoms with Crippen molar-refractivity contribution >= 4 is 17.4 Å². The van der Waals surface area contributed by atoms with Crippen molar-refractivity contribution in [2.24, 2.45) is 5.41 Å².